The molecule has 0 aliphatic rings. The fourth-order valence-electron chi connectivity index (χ4n) is 1.44. The van der Waals surface area contributed by atoms with E-state index in [1.165, 1.54) is 4.68 Å². The maximum Gasteiger partial charge on any atom is 0.283 e. The van der Waals surface area contributed by atoms with Gasteiger partial charge in [0.25, 0.3) is 5.56 Å². The molecule has 0 aromatic carbocycles. The number of ether oxygens (including phenoxy) is 1. The second-order valence-corrected chi connectivity index (χ2v) is 5.44. The van der Waals surface area contributed by atoms with Crippen LogP contribution in [-0.4, -0.2) is 28.5 Å². The van der Waals surface area contributed by atoms with Crippen molar-refractivity contribution in [3.8, 4) is 0 Å². The zero-order valence-electron chi connectivity index (χ0n) is 10.3. The number of halogens is 1. The van der Waals surface area contributed by atoms with Crippen molar-refractivity contribution in [3.05, 3.63) is 37.6 Å². The van der Waals surface area contributed by atoms with E-state index in [0.717, 1.165) is 5.01 Å². The summed E-state index contributed by atoms with van der Waals surface area (Å²) in [4.78, 5) is 16.2. The molecule has 0 bridgehead atoms. The second-order valence-electron chi connectivity index (χ2n) is 3.67. The first-order valence-electron chi connectivity index (χ1n) is 5.59. The molecule has 0 atom stereocenters. The van der Waals surface area contributed by atoms with Gasteiger partial charge >= 0.3 is 0 Å². The van der Waals surface area contributed by atoms with Crippen LogP contribution in [0.5, 0.6) is 0 Å². The molecule has 102 valence electrons. The van der Waals surface area contributed by atoms with E-state index in [2.05, 4.69) is 31.3 Å². The Labute approximate surface area is 122 Å². The van der Waals surface area contributed by atoms with Crippen molar-refractivity contribution in [2.45, 2.75) is 13.1 Å². The van der Waals surface area contributed by atoms with Crippen LogP contribution in [0.15, 0.2) is 27.0 Å². The Morgan fingerprint density at radius 3 is 3.11 bits per heavy atom. The molecule has 2 aromatic rings. The number of thiazole rings is 1. The van der Waals surface area contributed by atoms with Crippen LogP contribution in [-0.2, 0) is 17.8 Å². The minimum Gasteiger partial charge on any atom is -0.383 e. The number of anilines is 1. The topological polar surface area (TPSA) is 69.0 Å². The molecular weight excluding hydrogens is 332 g/mol. The molecule has 0 unspecified atom stereocenters. The van der Waals surface area contributed by atoms with Crippen molar-refractivity contribution < 1.29 is 4.74 Å². The van der Waals surface area contributed by atoms with Crippen LogP contribution in [0, 0.1) is 0 Å². The van der Waals surface area contributed by atoms with E-state index < -0.39 is 0 Å². The summed E-state index contributed by atoms with van der Waals surface area (Å²) in [6, 6.07) is 0. The van der Waals surface area contributed by atoms with Gasteiger partial charge in [0.1, 0.15) is 9.48 Å². The van der Waals surface area contributed by atoms with Gasteiger partial charge in [-0.25, -0.2) is 9.67 Å². The highest BCUT2D eigenvalue weighted by atomic mass is 79.9. The van der Waals surface area contributed by atoms with Crippen LogP contribution in [0.25, 0.3) is 0 Å². The highest BCUT2D eigenvalue weighted by molar-refractivity contribution is 9.10. The third kappa shape index (κ3) is 3.62. The lowest BCUT2D eigenvalue weighted by Crippen LogP contribution is -2.26. The van der Waals surface area contributed by atoms with Gasteiger partial charge in [-0.3, -0.25) is 4.79 Å². The summed E-state index contributed by atoms with van der Waals surface area (Å²) in [5.74, 6) is 0. The maximum atomic E-state index is 12.0. The highest BCUT2D eigenvalue weighted by Gasteiger charge is 2.08. The maximum absolute atomic E-state index is 12.0. The van der Waals surface area contributed by atoms with Crippen molar-refractivity contribution in [1.29, 1.82) is 0 Å². The summed E-state index contributed by atoms with van der Waals surface area (Å²) in [5.41, 5.74) is 0.482. The van der Waals surface area contributed by atoms with E-state index in [1.807, 2.05) is 5.38 Å². The first kappa shape index (κ1) is 14.2. The van der Waals surface area contributed by atoms with Crippen LogP contribution in [0.2, 0.25) is 0 Å². The highest BCUT2D eigenvalue weighted by Crippen LogP contribution is 2.17. The molecule has 1 N–H and O–H groups in total. The fourth-order valence-corrected chi connectivity index (χ4v) is 2.44. The zero-order chi connectivity index (χ0) is 13.7. The molecule has 0 spiro atoms. The number of hydrogen-bond acceptors (Lipinski definition) is 6. The number of hydrogen-bond donors (Lipinski definition) is 1. The molecule has 6 nitrogen and oxygen atoms in total. The number of nitrogens with one attached hydrogen (secondary N) is 1. The quantitative estimate of drug-likeness (QED) is 0.863. The third-order valence-corrected chi connectivity index (χ3v) is 3.95. The Kier molecular flexibility index (Phi) is 5.06. The lowest BCUT2D eigenvalue weighted by Gasteiger charge is -2.09. The van der Waals surface area contributed by atoms with E-state index in [0.29, 0.717) is 29.9 Å². The van der Waals surface area contributed by atoms with Gasteiger partial charge in [-0.15, -0.1) is 11.3 Å². The molecule has 2 heterocycles. The largest absolute Gasteiger partial charge is 0.383 e. The van der Waals surface area contributed by atoms with Gasteiger partial charge in [-0.1, -0.05) is 0 Å². The molecular formula is C11H13BrN4O2S. The number of rotatable bonds is 6. The Morgan fingerprint density at radius 1 is 1.58 bits per heavy atom. The number of methoxy groups -OCH3 is 1. The van der Waals surface area contributed by atoms with Gasteiger partial charge in [-0.2, -0.15) is 5.10 Å². The van der Waals surface area contributed by atoms with E-state index in [9.17, 15) is 4.79 Å². The standard InChI is InChI=1S/C11H13BrN4O2S/c1-18-4-3-16-11(17)10(12)8(6-15-16)14-7-9-13-2-5-19-9/h2,5-6,14H,3-4,7H2,1H3. The van der Waals surface area contributed by atoms with Gasteiger partial charge < -0.3 is 10.1 Å². The minimum absolute atomic E-state index is 0.179. The molecule has 0 saturated heterocycles. The summed E-state index contributed by atoms with van der Waals surface area (Å²) in [7, 11) is 1.59. The summed E-state index contributed by atoms with van der Waals surface area (Å²) in [5, 5.41) is 10.1. The van der Waals surface area contributed by atoms with Gasteiger partial charge in [0.05, 0.1) is 31.6 Å². The summed E-state index contributed by atoms with van der Waals surface area (Å²) >= 11 is 4.85. The van der Waals surface area contributed by atoms with E-state index in [1.54, 1.807) is 30.8 Å². The van der Waals surface area contributed by atoms with Crippen molar-refractivity contribution in [3.63, 3.8) is 0 Å². The van der Waals surface area contributed by atoms with Gasteiger partial charge in [-0.05, 0) is 15.9 Å². The van der Waals surface area contributed by atoms with E-state index in [4.69, 9.17) is 4.74 Å². The number of aromatic nitrogens is 3. The van der Waals surface area contributed by atoms with Crippen LogP contribution in [0.1, 0.15) is 5.01 Å². The average molecular weight is 345 g/mol. The molecule has 0 aliphatic carbocycles. The van der Waals surface area contributed by atoms with Crippen LogP contribution in [0.3, 0.4) is 0 Å². The first-order chi connectivity index (χ1) is 9.22. The Bertz CT molecular complexity index is 585. The Balaban J connectivity index is 2.09. The van der Waals surface area contributed by atoms with Gasteiger partial charge in [0.15, 0.2) is 0 Å². The van der Waals surface area contributed by atoms with Gasteiger partial charge in [0, 0.05) is 18.7 Å². The predicted octanol–water partition coefficient (Wildman–Crippen LogP) is 1.72. The van der Waals surface area contributed by atoms with Crippen LogP contribution >= 0.6 is 27.3 Å². The van der Waals surface area contributed by atoms with Crippen molar-refractivity contribution in [2.75, 3.05) is 19.0 Å². The molecule has 19 heavy (non-hydrogen) atoms. The van der Waals surface area contributed by atoms with Gasteiger partial charge in [0.2, 0.25) is 0 Å². The third-order valence-electron chi connectivity index (χ3n) is 2.41. The normalized spacial score (nSPS) is 10.6. The average Bonchev–Trinajstić information content (AvgIpc) is 2.92. The molecule has 2 rings (SSSR count). The van der Waals surface area contributed by atoms with Crippen molar-refractivity contribution in [2.24, 2.45) is 0 Å². The molecule has 0 amide bonds. The monoisotopic (exact) mass is 344 g/mol. The smallest absolute Gasteiger partial charge is 0.283 e. The van der Waals surface area contributed by atoms with E-state index >= 15 is 0 Å². The Hall–Kier alpha value is -1.25. The van der Waals surface area contributed by atoms with Crippen LogP contribution < -0.4 is 10.9 Å². The summed E-state index contributed by atoms with van der Waals surface area (Å²) < 4.78 is 6.76. The van der Waals surface area contributed by atoms with Crippen LogP contribution in [0.4, 0.5) is 5.69 Å². The molecule has 0 aliphatic heterocycles. The molecule has 0 radical (unpaired) electrons. The first-order valence-corrected chi connectivity index (χ1v) is 7.26. The number of nitrogens with zero attached hydrogens (tertiary/aromatic N) is 3. The summed E-state index contributed by atoms with van der Waals surface area (Å²) in [6.07, 6.45) is 3.37. The predicted molar refractivity (Wildman–Crippen MR) is 77.5 cm³/mol. The van der Waals surface area contributed by atoms with E-state index in [-0.39, 0.29) is 5.56 Å². The lowest BCUT2D eigenvalue weighted by molar-refractivity contribution is 0.181. The molecule has 0 fully saturated rings. The van der Waals surface area contributed by atoms with Crippen molar-refractivity contribution in [1.82, 2.24) is 14.8 Å². The second kappa shape index (κ2) is 6.78. The molecule has 2 aromatic heterocycles. The minimum atomic E-state index is -0.179. The zero-order valence-corrected chi connectivity index (χ0v) is 12.7. The van der Waals surface area contributed by atoms with Crippen molar-refractivity contribution >= 4 is 33.0 Å². The SMILES string of the molecule is COCCn1ncc(NCc2nccs2)c(Br)c1=O. The molecule has 0 saturated carbocycles. The fraction of sp³-hybridized carbons (Fsp3) is 0.364. The summed E-state index contributed by atoms with van der Waals surface area (Å²) in [6.45, 7) is 1.45. The molecule has 8 heteroatoms. The Morgan fingerprint density at radius 2 is 2.42 bits per heavy atom. The lowest BCUT2D eigenvalue weighted by atomic mass is 10.4.